The molecule has 0 spiro atoms. The molecule has 0 saturated carbocycles. The molecule has 3 heterocycles. The molecule has 0 radical (unpaired) electrons. The molecule has 96 valence electrons. The highest BCUT2D eigenvalue weighted by Crippen LogP contribution is 2.09. The largest absolute Gasteiger partial charge is 0.478 e. The zero-order valence-corrected chi connectivity index (χ0v) is 9.73. The number of aromatic carboxylic acids is 1. The number of nitrogens with one attached hydrogen (secondary N) is 1. The van der Waals surface area contributed by atoms with Crippen LogP contribution in [-0.4, -0.2) is 40.4 Å². The van der Waals surface area contributed by atoms with Crippen LogP contribution >= 0.6 is 0 Å². The minimum Gasteiger partial charge on any atom is -0.478 e. The van der Waals surface area contributed by atoms with Crippen LogP contribution in [0.25, 0.3) is 11.5 Å². The molecule has 0 saturated heterocycles. The van der Waals surface area contributed by atoms with Crippen LogP contribution in [0.1, 0.15) is 16.2 Å². The number of aryl methyl sites for hydroxylation is 1. The van der Waals surface area contributed by atoms with Gasteiger partial charge in [-0.3, -0.25) is 0 Å². The van der Waals surface area contributed by atoms with Crippen LogP contribution in [0.4, 0.5) is 0 Å². The minimum absolute atomic E-state index is 0.0544. The molecule has 3 aromatic rings. The molecule has 0 bridgehead atoms. The van der Waals surface area contributed by atoms with Gasteiger partial charge in [0, 0.05) is 12.3 Å². The van der Waals surface area contributed by atoms with Gasteiger partial charge in [0.05, 0.1) is 11.8 Å². The number of fused-ring (bicyclic) bond motifs is 1. The molecule has 0 unspecified atom stereocenters. The monoisotopic (exact) mass is 260 g/mol. The Balaban J connectivity index is 2.19. The number of aromatic nitrogens is 6. The zero-order chi connectivity index (χ0) is 13.6. The topological polar surface area (TPSA) is 118 Å². The van der Waals surface area contributed by atoms with Crippen LogP contribution in [0.3, 0.4) is 0 Å². The van der Waals surface area contributed by atoms with Crippen molar-refractivity contribution < 1.29 is 9.90 Å². The summed E-state index contributed by atoms with van der Waals surface area (Å²) in [5.41, 5.74) is 0.0665. The van der Waals surface area contributed by atoms with Crippen LogP contribution in [0.5, 0.6) is 0 Å². The third-order valence-corrected chi connectivity index (χ3v) is 2.62. The van der Waals surface area contributed by atoms with Gasteiger partial charge in [-0.2, -0.15) is 10.2 Å². The summed E-state index contributed by atoms with van der Waals surface area (Å²) >= 11 is 0. The third kappa shape index (κ3) is 1.68. The first-order chi connectivity index (χ1) is 9.06. The molecule has 0 atom stereocenters. The number of carboxylic acid groups (broad SMARTS) is 1. The van der Waals surface area contributed by atoms with Crippen molar-refractivity contribution in [3.05, 3.63) is 40.3 Å². The van der Waals surface area contributed by atoms with E-state index >= 15 is 0 Å². The SMILES string of the molecule is Cc1nc(-n2cc(C(=O)O)cn2)cc2n[nH]c(=O)n12. The molecule has 0 amide bonds. The zero-order valence-electron chi connectivity index (χ0n) is 9.73. The molecule has 9 nitrogen and oxygen atoms in total. The maximum atomic E-state index is 11.4. The predicted octanol–water partition coefficient (Wildman–Crippen LogP) is -0.390. The number of hydrogen-bond acceptors (Lipinski definition) is 5. The summed E-state index contributed by atoms with van der Waals surface area (Å²) < 4.78 is 2.63. The molecule has 3 aromatic heterocycles. The van der Waals surface area contributed by atoms with Crippen molar-refractivity contribution in [1.82, 2.24) is 29.4 Å². The summed E-state index contributed by atoms with van der Waals surface area (Å²) in [5, 5.41) is 18.9. The maximum Gasteiger partial charge on any atom is 0.349 e. The Morgan fingerprint density at radius 2 is 2.26 bits per heavy atom. The molecule has 9 heteroatoms. The first kappa shape index (κ1) is 11.1. The summed E-state index contributed by atoms with van der Waals surface area (Å²) in [5.74, 6) is -0.254. The summed E-state index contributed by atoms with van der Waals surface area (Å²) in [6.45, 7) is 1.65. The molecule has 0 aliphatic heterocycles. The summed E-state index contributed by atoms with van der Waals surface area (Å²) in [6.07, 6.45) is 2.56. The fourth-order valence-electron chi connectivity index (χ4n) is 1.76. The van der Waals surface area contributed by atoms with Gasteiger partial charge in [0.15, 0.2) is 11.5 Å². The highest BCUT2D eigenvalue weighted by molar-refractivity contribution is 5.86. The first-order valence-electron chi connectivity index (χ1n) is 5.29. The van der Waals surface area contributed by atoms with Crippen molar-refractivity contribution in [2.75, 3.05) is 0 Å². The lowest BCUT2D eigenvalue weighted by atomic mass is 10.4. The van der Waals surface area contributed by atoms with E-state index in [1.165, 1.54) is 27.5 Å². The fraction of sp³-hybridized carbons (Fsp3) is 0.100. The Bertz CT molecular complexity index is 842. The second kappa shape index (κ2) is 3.77. The van der Waals surface area contributed by atoms with Gasteiger partial charge in [-0.15, -0.1) is 0 Å². The van der Waals surface area contributed by atoms with E-state index in [-0.39, 0.29) is 11.3 Å². The standard InChI is InChI=1S/C10H8N6O3/c1-5-12-7(2-8-13-14-10(19)16(5)8)15-4-6(3-11-15)9(17)18/h2-4H,1H3,(H,14,19)(H,17,18). The smallest absolute Gasteiger partial charge is 0.349 e. The number of carboxylic acids is 1. The van der Waals surface area contributed by atoms with E-state index in [0.717, 1.165) is 0 Å². The average molecular weight is 260 g/mol. The molecule has 0 aliphatic carbocycles. The van der Waals surface area contributed by atoms with Gasteiger partial charge in [0.25, 0.3) is 0 Å². The van der Waals surface area contributed by atoms with E-state index in [1.54, 1.807) is 6.92 Å². The molecular weight excluding hydrogens is 252 g/mol. The van der Waals surface area contributed by atoms with Crippen LogP contribution in [-0.2, 0) is 0 Å². The number of carbonyl (C=O) groups is 1. The van der Waals surface area contributed by atoms with Crippen LogP contribution in [0.15, 0.2) is 23.3 Å². The molecule has 0 aliphatic rings. The molecule has 19 heavy (non-hydrogen) atoms. The van der Waals surface area contributed by atoms with Crippen molar-refractivity contribution in [2.45, 2.75) is 6.92 Å². The van der Waals surface area contributed by atoms with Gasteiger partial charge in [-0.25, -0.2) is 28.8 Å². The number of H-pyrrole nitrogens is 1. The van der Waals surface area contributed by atoms with E-state index in [2.05, 4.69) is 20.3 Å². The Morgan fingerprint density at radius 3 is 2.95 bits per heavy atom. The Kier molecular flexibility index (Phi) is 2.21. The minimum atomic E-state index is -1.07. The lowest BCUT2D eigenvalue weighted by Gasteiger charge is -2.02. The van der Waals surface area contributed by atoms with E-state index in [9.17, 15) is 9.59 Å². The maximum absolute atomic E-state index is 11.4. The quantitative estimate of drug-likeness (QED) is 0.647. The Morgan fingerprint density at radius 1 is 1.47 bits per heavy atom. The number of nitrogens with zero attached hydrogens (tertiary/aromatic N) is 5. The molecule has 0 fully saturated rings. The Hall–Kier alpha value is -2.97. The third-order valence-electron chi connectivity index (χ3n) is 2.62. The molecular formula is C10H8N6O3. The van der Waals surface area contributed by atoms with Gasteiger partial charge in [-0.1, -0.05) is 0 Å². The van der Waals surface area contributed by atoms with Gasteiger partial charge in [0.2, 0.25) is 0 Å². The van der Waals surface area contributed by atoms with Gasteiger partial charge < -0.3 is 5.11 Å². The van der Waals surface area contributed by atoms with Crippen molar-refractivity contribution in [1.29, 1.82) is 0 Å². The van der Waals surface area contributed by atoms with E-state index in [0.29, 0.717) is 17.3 Å². The number of hydrogen-bond donors (Lipinski definition) is 2. The number of aromatic amines is 1. The van der Waals surface area contributed by atoms with Crippen molar-refractivity contribution >= 4 is 11.6 Å². The number of rotatable bonds is 2. The van der Waals surface area contributed by atoms with Crippen LogP contribution < -0.4 is 5.69 Å². The van der Waals surface area contributed by atoms with Crippen LogP contribution in [0.2, 0.25) is 0 Å². The molecule has 0 aromatic carbocycles. The van der Waals surface area contributed by atoms with E-state index in [4.69, 9.17) is 5.11 Å². The highest BCUT2D eigenvalue weighted by atomic mass is 16.4. The van der Waals surface area contributed by atoms with E-state index < -0.39 is 5.97 Å². The fourth-order valence-corrected chi connectivity index (χ4v) is 1.76. The van der Waals surface area contributed by atoms with Gasteiger partial charge in [0.1, 0.15) is 5.82 Å². The normalized spacial score (nSPS) is 11.0. The molecule has 3 rings (SSSR count). The predicted molar refractivity (Wildman–Crippen MR) is 62.4 cm³/mol. The lowest BCUT2D eigenvalue weighted by Crippen LogP contribution is -2.14. The summed E-state index contributed by atoms with van der Waals surface area (Å²) in [4.78, 5) is 26.4. The van der Waals surface area contributed by atoms with Gasteiger partial charge in [-0.05, 0) is 6.92 Å². The van der Waals surface area contributed by atoms with E-state index in [1.807, 2.05) is 0 Å². The van der Waals surface area contributed by atoms with Crippen molar-refractivity contribution in [2.24, 2.45) is 0 Å². The second-order valence-electron chi connectivity index (χ2n) is 3.86. The van der Waals surface area contributed by atoms with Crippen molar-refractivity contribution in [3.63, 3.8) is 0 Å². The van der Waals surface area contributed by atoms with Crippen LogP contribution in [0, 0.1) is 6.92 Å². The van der Waals surface area contributed by atoms with Crippen molar-refractivity contribution in [3.8, 4) is 5.82 Å². The lowest BCUT2D eigenvalue weighted by molar-refractivity contribution is 0.0697. The average Bonchev–Trinajstić information content (AvgIpc) is 2.96. The first-order valence-corrected chi connectivity index (χ1v) is 5.29. The highest BCUT2D eigenvalue weighted by Gasteiger charge is 2.11. The Labute approximate surface area is 105 Å². The summed E-state index contributed by atoms with van der Waals surface area (Å²) in [7, 11) is 0. The summed E-state index contributed by atoms with van der Waals surface area (Å²) in [6, 6.07) is 1.53. The second-order valence-corrected chi connectivity index (χ2v) is 3.86. The van der Waals surface area contributed by atoms with Gasteiger partial charge >= 0.3 is 11.7 Å². The molecule has 2 N–H and O–H groups in total.